The van der Waals surface area contributed by atoms with Gasteiger partial charge in [0.2, 0.25) is 0 Å². The van der Waals surface area contributed by atoms with E-state index in [4.69, 9.17) is 5.73 Å². The minimum atomic E-state index is -0.296. The van der Waals surface area contributed by atoms with Crippen molar-refractivity contribution in [3.05, 3.63) is 0 Å². The molecule has 0 bridgehead atoms. The smallest absolute Gasteiger partial charge is 0.0557 e. The third kappa shape index (κ3) is 2.80. The van der Waals surface area contributed by atoms with Gasteiger partial charge >= 0.3 is 0 Å². The highest BCUT2D eigenvalue weighted by Crippen LogP contribution is 2.31. The lowest BCUT2D eigenvalue weighted by Gasteiger charge is -2.34. The average molecular weight is 159 g/mol. The van der Waals surface area contributed by atoms with Crippen LogP contribution < -0.4 is 5.73 Å². The molecule has 0 radical (unpaired) electrons. The highest BCUT2D eigenvalue weighted by Gasteiger charge is 2.29. The lowest BCUT2D eigenvalue weighted by atomic mass is 9.74. The topological polar surface area (TPSA) is 46.2 Å². The predicted octanol–water partition coefficient (Wildman–Crippen LogP) is 1.38. The van der Waals surface area contributed by atoms with E-state index in [1.54, 1.807) is 0 Å². The van der Waals surface area contributed by atoms with Crippen molar-refractivity contribution in [2.75, 3.05) is 6.54 Å². The first-order chi connectivity index (χ1) is 4.95. The van der Waals surface area contributed by atoms with E-state index in [2.05, 4.69) is 20.8 Å². The maximum Gasteiger partial charge on any atom is 0.0557 e. The molecule has 2 atom stereocenters. The van der Waals surface area contributed by atoms with E-state index < -0.39 is 0 Å². The largest absolute Gasteiger partial charge is 0.393 e. The van der Waals surface area contributed by atoms with Crippen molar-refractivity contribution in [1.29, 1.82) is 0 Å². The molecule has 0 saturated carbocycles. The van der Waals surface area contributed by atoms with Crippen LogP contribution in [0.15, 0.2) is 0 Å². The van der Waals surface area contributed by atoms with E-state index in [-0.39, 0.29) is 17.4 Å². The molecular weight excluding hydrogens is 138 g/mol. The maximum atomic E-state index is 9.40. The fraction of sp³-hybridized carbons (Fsp3) is 1.00. The number of hydrogen-bond acceptors (Lipinski definition) is 2. The predicted molar refractivity (Wildman–Crippen MR) is 48.3 cm³/mol. The highest BCUT2D eigenvalue weighted by atomic mass is 16.3. The van der Waals surface area contributed by atoms with Crippen LogP contribution in [0.2, 0.25) is 0 Å². The van der Waals surface area contributed by atoms with E-state index in [0.717, 1.165) is 6.42 Å². The van der Waals surface area contributed by atoms with E-state index in [1.165, 1.54) is 0 Å². The Morgan fingerprint density at radius 3 is 2.00 bits per heavy atom. The molecule has 0 aromatic heterocycles. The number of aliphatic hydroxyl groups excluding tert-OH is 1. The van der Waals surface area contributed by atoms with Gasteiger partial charge in [0.05, 0.1) is 6.10 Å². The first-order valence-electron chi connectivity index (χ1n) is 4.33. The SMILES string of the molecule is CCC(C)(C)C(CN)C(C)O. The molecule has 0 spiro atoms. The van der Waals surface area contributed by atoms with Crippen molar-refractivity contribution in [1.82, 2.24) is 0 Å². The summed E-state index contributed by atoms with van der Waals surface area (Å²) in [5.41, 5.74) is 5.73. The Hall–Kier alpha value is -0.0800. The Bertz CT molecular complexity index is 110. The van der Waals surface area contributed by atoms with Gasteiger partial charge in [-0.15, -0.1) is 0 Å². The molecule has 0 aromatic rings. The van der Waals surface area contributed by atoms with E-state index in [0.29, 0.717) is 6.54 Å². The van der Waals surface area contributed by atoms with Gasteiger partial charge in [-0.2, -0.15) is 0 Å². The number of rotatable bonds is 4. The molecule has 2 nitrogen and oxygen atoms in total. The minimum absolute atomic E-state index is 0.156. The summed E-state index contributed by atoms with van der Waals surface area (Å²) in [5, 5.41) is 9.40. The van der Waals surface area contributed by atoms with E-state index in [9.17, 15) is 5.11 Å². The quantitative estimate of drug-likeness (QED) is 0.651. The molecule has 0 aliphatic rings. The third-order valence-corrected chi connectivity index (χ3v) is 2.75. The van der Waals surface area contributed by atoms with Gasteiger partial charge in [0.15, 0.2) is 0 Å². The molecule has 0 fully saturated rings. The Morgan fingerprint density at radius 2 is 1.91 bits per heavy atom. The molecule has 68 valence electrons. The Kier molecular flexibility index (Phi) is 4.04. The number of hydrogen-bond donors (Lipinski definition) is 2. The zero-order chi connectivity index (χ0) is 9.07. The van der Waals surface area contributed by atoms with Crippen LogP contribution in [0.1, 0.15) is 34.1 Å². The van der Waals surface area contributed by atoms with Crippen LogP contribution in [-0.4, -0.2) is 17.8 Å². The van der Waals surface area contributed by atoms with Crippen LogP contribution in [0.4, 0.5) is 0 Å². The van der Waals surface area contributed by atoms with Gasteiger partial charge in [-0.05, 0) is 18.9 Å². The lowest BCUT2D eigenvalue weighted by molar-refractivity contribution is 0.0500. The summed E-state index contributed by atoms with van der Waals surface area (Å²) < 4.78 is 0. The van der Waals surface area contributed by atoms with Crippen LogP contribution in [0, 0.1) is 11.3 Å². The summed E-state index contributed by atoms with van der Waals surface area (Å²) in [5.74, 6) is 0.215. The van der Waals surface area contributed by atoms with Crippen molar-refractivity contribution in [2.45, 2.75) is 40.2 Å². The standard InChI is InChI=1S/C9H21NO/c1-5-9(3,4)8(6-10)7(2)11/h7-8,11H,5-6,10H2,1-4H3. The zero-order valence-electron chi connectivity index (χ0n) is 8.09. The number of aliphatic hydroxyl groups is 1. The second kappa shape index (κ2) is 4.07. The second-order valence-electron chi connectivity index (χ2n) is 3.92. The van der Waals surface area contributed by atoms with Crippen LogP contribution >= 0.6 is 0 Å². The van der Waals surface area contributed by atoms with Crippen molar-refractivity contribution in [3.8, 4) is 0 Å². The summed E-state index contributed by atoms with van der Waals surface area (Å²) in [6.07, 6.45) is 0.759. The van der Waals surface area contributed by atoms with Crippen LogP contribution in [0.5, 0.6) is 0 Å². The molecule has 2 heteroatoms. The fourth-order valence-electron chi connectivity index (χ4n) is 1.43. The van der Waals surface area contributed by atoms with Crippen molar-refractivity contribution >= 4 is 0 Å². The monoisotopic (exact) mass is 159 g/mol. The van der Waals surface area contributed by atoms with Crippen LogP contribution in [-0.2, 0) is 0 Å². The summed E-state index contributed by atoms with van der Waals surface area (Å²) in [7, 11) is 0. The van der Waals surface area contributed by atoms with E-state index >= 15 is 0 Å². The molecule has 0 saturated heterocycles. The van der Waals surface area contributed by atoms with Gasteiger partial charge < -0.3 is 10.8 Å². The third-order valence-electron chi connectivity index (χ3n) is 2.75. The molecular formula is C9H21NO. The zero-order valence-corrected chi connectivity index (χ0v) is 8.09. The van der Waals surface area contributed by atoms with Crippen LogP contribution in [0.3, 0.4) is 0 Å². The minimum Gasteiger partial charge on any atom is -0.393 e. The lowest BCUT2D eigenvalue weighted by Crippen LogP contribution is -2.37. The van der Waals surface area contributed by atoms with Gasteiger partial charge in [0.25, 0.3) is 0 Å². The van der Waals surface area contributed by atoms with Gasteiger partial charge in [-0.3, -0.25) is 0 Å². The summed E-state index contributed by atoms with van der Waals surface area (Å²) in [6.45, 7) is 8.81. The Labute approximate surface area is 69.8 Å². The molecule has 0 heterocycles. The number of nitrogens with two attached hydrogens (primary N) is 1. The Balaban J connectivity index is 4.23. The molecule has 0 aliphatic carbocycles. The molecule has 0 aromatic carbocycles. The average Bonchev–Trinajstić information content (AvgIpc) is 1.88. The summed E-state index contributed by atoms with van der Waals surface area (Å²) >= 11 is 0. The van der Waals surface area contributed by atoms with Crippen LogP contribution in [0.25, 0.3) is 0 Å². The summed E-state index contributed by atoms with van der Waals surface area (Å²) in [4.78, 5) is 0. The van der Waals surface area contributed by atoms with Gasteiger partial charge in [-0.1, -0.05) is 27.2 Å². The molecule has 3 N–H and O–H groups in total. The first kappa shape index (κ1) is 10.9. The fourth-order valence-corrected chi connectivity index (χ4v) is 1.43. The van der Waals surface area contributed by atoms with Crippen molar-refractivity contribution in [2.24, 2.45) is 17.1 Å². The van der Waals surface area contributed by atoms with Gasteiger partial charge in [0.1, 0.15) is 0 Å². The first-order valence-corrected chi connectivity index (χ1v) is 4.33. The normalized spacial score (nSPS) is 18.0. The second-order valence-corrected chi connectivity index (χ2v) is 3.92. The van der Waals surface area contributed by atoms with E-state index in [1.807, 2.05) is 6.92 Å². The highest BCUT2D eigenvalue weighted by molar-refractivity contribution is 4.81. The maximum absolute atomic E-state index is 9.40. The van der Waals surface area contributed by atoms with Crippen molar-refractivity contribution < 1.29 is 5.11 Å². The van der Waals surface area contributed by atoms with Crippen molar-refractivity contribution in [3.63, 3.8) is 0 Å². The molecule has 0 aliphatic heterocycles. The molecule has 11 heavy (non-hydrogen) atoms. The van der Waals surface area contributed by atoms with Gasteiger partial charge in [-0.25, -0.2) is 0 Å². The Morgan fingerprint density at radius 1 is 1.45 bits per heavy atom. The molecule has 0 amide bonds. The van der Waals surface area contributed by atoms with Gasteiger partial charge in [0, 0.05) is 5.92 Å². The molecule has 0 rings (SSSR count). The molecule has 2 unspecified atom stereocenters. The summed E-state index contributed by atoms with van der Waals surface area (Å²) in [6, 6.07) is 0.